The molecule has 0 aliphatic rings. The molecule has 0 aromatic carbocycles. The van der Waals surface area contributed by atoms with Crippen LogP contribution in [0.5, 0.6) is 5.75 Å². The highest BCUT2D eigenvalue weighted by molar-refractivity contribution is 9.10. The van der Waals surface area contributed by atoms with Crippen LogP contribution in [0.3, 0.4) is 0 Å². The predicted molar refractivity (Wildman–Crippen MR) is 51.6 cm³/mol. The van der Waals surface area contributed by atoms with Crippen LogP contribution in [-0.4, -0.2) is 18.5 Å². The second-order valence-electron chi connectivity index (χ2n) is 2.42. The van der Waals surface area contributed by atoms with Gasteiger partial charge in [-0.1, -0.05) is 0 Å². The van der Waals surface area contributed by atoms with E-state index in [1.54, 1.807) is 0 Å². The monoisotopic (exact) mass is 321 g/mol. The maximum atomic E-state index is 12.3. The fourth-order valence-corrected chi connectivity index (χ4v) is 2.25. The number of alkyl halides is 2. The molecule has 4 nitrogen and oxygen atoms in total. The van der Waals surface area contributed by atoms with Crippen LogP contribution in [-0.2, 0) is 9.05 Å². The Labute approximate surface area is 96.4 Å². The highest BCUT2D eigenvalue weighted by atomic mass is 79.9. The van der Waals surface area contributed by atoms with Gasteiger partial charge in [-0.05, 0) is 15.9 Å². The van der Waals surface area contributed by atoms with Gasteiger partial charge in [-0.15, -0.1) is 0 Å². The van der Waals surface area contributed by atoms with Gasteiger partial charge in [-0.25, -0.2) is 22.2 Å². The molecule has 1 heterocycles. The Morgan fingerprint density at radius 3 is 2.47 bits per heavy atom. The fraction of sp³-hybridized carbons (Fsp3) is 0.167. The van der Waals surface area contributed by atoms with E-state index < -0.39 is 36.3 Å². The first kappa shape index (κ1) is 12.6. The van der Waals surface area contributed by atoms with Gasteiger partial charge in [-0.2, -0.15) is 0 Å². The molecule has 84 valence electrons. The van der Waals surface area contributed by atoms with Crippen molar-refractivity contribution in [3.05, 3.63) is 16.2 Å². The molecule has 0 bridgehead atoms. The summed E-state index contributed by atoms with van der Waals surface area (Å²) in [6.07, 6.45) is -2.26. The number of pyridine rings is 1. The van der Waals surface area contributed by atoms with Gasteiger partial charge in [0.1, 0.15) is 0 Å². The third kappa shape index (κ3) is 2.56. The van der Waals surface area contributed by atoms with E-state index in [1.165, 1.54) is 0 Å². The summed E-state index contributed by atoms with van der Waals surface area (Å²) in [6.45, 7) is 0. The molecule has 0 aliphatic carbocycles. The molecule has 0 saturated heterocycles. The van der Waals surface area contributed by atoms with E-state index >= 15 is 0 Å². The summed E-state index contributed by atoms with van der Waals surface area (Å²) in [5, 5.41) is 8.40. The van der Waals surface area contributed by atoms with E-state index in [4.69, 9.17) is 10.7 Å². The lowest BCUT2D eigenvalue weighted by atomic mass is 10.3. The second kappa shape index (κ2) is 4.18. The maximum Gasteiger partial charge on any atom is 0.282 e. The van der Waals surface area contributed by atoms with Crippen molar-refractivity contribution in [2.75, 3.05) is 0 Å². The topological polar surface area (TPSA) is 67.3 Å². The number of aromatic hydroxyl groups is 1. The van der Waals surface area contributed by atoms with Crippen molar-refractivity contribution in [1.29, 1.82) is 0 Å². The summed E-state index contributed by atoms with van der Waals surface area (Å²) in [4.78, 5) is 3.15. The number of hydrogen-bond acceptors (Lipinski definition) is 4. The molecule has 0 amide bonds. The van der Waals surface area contributed by atoms with E-state index in [9.17, 15) is 22.3 Å². The molecule has 9 heteroatoms. The van der Waals surface area contributed by atoms with Crippen molar-refractivity contribution in [1.82, 2.24) is 4.98 Å². The third-order valence-electron chi connectivity index (χ3n) is 1.45. The number of rotatable bonds is 2. The Kier molecular flexibility index (Phi) is 3.51. The third-order valence-corrected chi connectivity index (χ3v) is 3.48. The minimum Gasteiger partial charge on any atom is -0.504 e. The first-order valence-corrected chi connectivity index (χ1v) is 6.45. The molecule has 1 aromatic heterocycles. The van der Waals surface area contributed by atoms with Crippen molar-refractivity contribution in [3.63, 3.8) is 0 Å². The van der Waals surface area contributed by atoms with Crippen LogP contribution in [0.1, 0.15) is 12.0 Å². The lowest BCUT2D eigenvalue weighted by Gasteiger charge is -2.06. The number of nitrogens with zero attached hydrogens (tertiary/aromatic N) is 1. The average molecular weight is 323 g/mol. The SMILES string of the molecule is O=S(=O)(Cl)c1ncc(C(F)F)c(Br)c1O. The maximum absolute atomic E-state index is 12.3. The van der Waals surface area contributed by atoms with Crippen LogP contribution in [0.2, 0.25) is 0 Å². The number of hydrogen-bond donors (Lipinski definition) is 1. The Morgan fingerprint density at radius 2 is 2.07 bits per heavy atom. The second-order valence-corrected chi connectivity index (χ2v) is 5.69. The van der Waals surface area contributed by atoms with E-state index in [0.29, 0.717) is 6.20 Å². The van der Waals surface area contributed by atoms with E-state index in [-0.39, 0.29) is 0 Å². The summed E-state index contributed by atoms with van der Waals surface area (Å²) in [5.74, 6) is -0.928. The van der Waals surface area contributed by atoms with Gasteiger partial charge >= 0.3 is 0 Å². The molecular formula is C6H3BrClF2NO3S. The van der Waals surface area contributed by atoms with Gasteiger partial charge < -0.3 is 5.11 Å². The molecule has 0 spiro atoms. The Balaban J connectivity index is 3.48. The van der Waals surface area contributed by atoms with Crippen molar-refractivity contribution in [3.8, 4) is 5.75 Å². The minimum atomic E-state index is -4.26. The zero-order chi connectivity index (χ0) is 11.8. The van der Waals surface area contributed by atoms with Gasteiger partial charge in [-0.3, -0.25) is 0 Å². The van der Waals surface area contributed by atoms with Crippen molar-refractivity contribution in [2.45, 2.75) is 11.5 Å². The molecule has 1 N–H and O–H groups in total. The van der Waals surface area contributed by atoms with Gasteiger partial charge in [0.05, 0.1) is 10.0 Å². The molecule has 1 aromatic rings. The molecule has 0 atom stereocenters. The molecule has 0 radical (unpaired) electrons. The highest BCUT2D eigenvalue weighted by Gasteiger charge is 2.24. The van der Waals surface area contributed by atoms with Crippen LogP contribution in [0, 0.1) is 0 Å². The van der Waals surface area contributed by atoms with Crippen molar-refractivity contribution < 1.29 is 22.3 Å². The summed E-state index contributed by atoms with van der Waals surface area (Å²) in [5.41, 5.74) is -0.614. The lowest BCUT2D eigenvalue weighted by molar-refractivity contribution is 0.149. The normalized spacial score (nSPS) is 12.1. The van der Waals surface area contributed by atoms with E-state index in [1.807, 2.05) is 0 Å². The lowest BCUT2D eigenvalue weighted by Crippen LogP contribution is -1.99. The number of halogens is 4. The van der Waals surface area contributed by atoms with Crippen molar-refractivity contribution >= 4 is 35.7 Å². The van der Waals surface area contributed by atoms with Gasteiger partial charge in [0.2, 0.25) is 5.03 Å². The molecule has 0 unspecified atom stereocenters. The smallest absolute Gasteiger partial charge is 0.282 e. The van der Waals surface area contributed by atoms with E-state index in [0.717, 1.165) is 0 Å². The highest BCUT2D eigenvalue weighted by Crippen LogP contribution is 2.37. The van der Waals surface area contributed by atoms with Crippen LogP contribution in [0.25, 0.3) is 0 Å². The standard InChI is InChI=1S/C6H3BrClF2NO3S/c7-3-2(5(9)10)1-11-6(4(3)12)15(8,13)14/h1,5,12H. The summed E-state index contributed by atoms with van der Waals surface area (Å²) < 4.78 is 45.8. The van der Waals surface area contributed by atoms with Crippen LogP contribution >= 0.6 is 26.6 Å². The average Bonchev–Trinajstić information content (AvgIpc) is 2.06. The Bertz CT molecular complexity index is 493. The molecule has 1 rings (SSSR count). The van der Waals surface area contributed by atoms with Gasteiger partial charge in [0.15, 0.2) is 5.75 Å². The van der Waals surface area contributed by atoms with Crippen LogP contribution in [0.15, 0.2) is 15.7 Å². The van der Waals surface area contributed by atoms with Gasteiger partial charge in [0.25, 0.3) is 15.5 Å². The van der Waals surface area contributed by atoms with E-state index in [2.05, 4.69) is 20.9 Å². The molecule has 15 heavy (non-hydrogen) atoms. The summed E-state index contributed by atoms with van der Waals surface area (Å²) >= 11 is 2.63. The minimum absolute atomic E-state index is 0.438. The summed E-state index contributed by atoms with van der Waals surface area (Å²) in [7, 11) is 0.647. The Hall–Kier alpha value is -0.470. The fourth-order valence-electron chi connectivity index (χ4n) is 0.807. The molecular weight excluding hydrogens is 319 g/mol. The van der Waals surface area contributed by atoms with Crippen LogP contribution < -0.4 is 0 Å². The molecule has 0 aliphatic heterocycles. The molecule has 0 fully saturated rings. The summed E-state index contributed by atoms with van der Waals surface area (Å²) in [6, 6.07) is 0. The van der Waals surface area contributed by atoms with Gasteiger partial charge in [0, 0.05) is 16.9 Å². The molecule has 0 saturated carbocycles. The Morgan fingerprint density at radius 1 is 1.53 bits per heavy atom. The largest absolute Gasteiger partial charge is 0.504 e. The number of aromatic nitrogens is 1. The predicted octanol–water partition coefficient (Wildman–Crippen LogP) is 2.41. The first-order chi connectivity index (χ1) is 6.75. The zero-order valence-electron chi connectivity index (χ0n) is 6.79. The van der Waals surface area contributed by atoms with Crippen LogP contribution in [0.4, 0.5) is 8.78 Å². The van der Waals surface area contributed by atoms with Crippen molar-refractivity contribution in [2.24, 2.45) is 0 Å². The quantitative estimate of drug-likeness (QED) is 0.849. The zero-order valence-corrected chi connectivity index (χ0v) is 9.94. The first-order valence-electron chi connectivity index (χ1n) is 3.35.